The van der Waals surface area contributed by atoms with Crippen molar-refractivity contribution in [3.05, 3.63) is 33.6 Å². The topological polar surface area (TPSA) is 116 Å². The molecular weight excluding hydrogens is 380 g/mol. The predicted octanol–water partition coefficient (Wildman–Crippen LogP) is 1.52. The number of rotatable bonds is 5. The molecule has 1 aromatic carbocycles. The van der Waals surface area contributed by atoms with E-state index < -0.39 is 11.9 Å². The molecule has 1 aliphatic heterocycles. The lowest BCUT2D eigenvalue weighted by molar-refractivity contribution is -0.117. The number of hydrogen-bond donors (Lipinski definition) is 2. The van der Waals surface area contributed by atoms with Crippen LogP contribution in [0.15, 0.2) is 28.2 Å². The van der Waals surface area contributed by atoms with Gasteiger partial charge < -0.3 is 10.5 Å². The monoisotopic (exact) mass is 396 g/mol. The van der Waals surface area contributed by atoms with E-state index in [2.05, 4.69) is 4.98 Å². The summed E-state index contributed by atoms with van der Waals surface area (Å²) in [4.78, 5) is 39.8. The molecule has 10 heteroatoms. The van der Waals surface area contributed by atoms with Gasteiger partial charge in [-0.3, -0.25) is 19.5 Å². The average molecular weight is 397 g/mol. The first-order valence-electron chi connectivity index (χ1n) is 7.98. The smallest absolute Gasteiger partial charge is 0.318 e. The number of nitrogens with zero attached hydrogens (tertiary/aromatic N) is 2. The lowest BCUT2D eigenvalue weighted by Crippen LogP contribution is -2.36. The summed E-state index contributed by atoms with van der Waals surface area (Å²) in [6, 6.07) is 3.94. The SMILES string of the molecule is NC(=O)NC(=O)CSc1nc2cc(Cl)ccc2c(=O)n1C[C@@H]1CCCO1. The zero-order valence-corrected chi connectivity index (χ0v) is 15.3. The molecule has 3 amide bonds. The van der Waals surface area contributed by atoms with Crippen LogP contribution >= 0.6 is 23.4 Å². The van der Waals surface area contributed by atoms with Crippen molar-refractivity contribution < 1.29 is 14.3 Å². The quantitative estimate of drug-likeness (QED) is 0.584. The van der Waals surface area contributed by atoms with Crippen molar-refractivity contribution in [2.24, 2.45) is 5.73 Å². The second-order valence-corrected chi connectivity index (χ2v) is 7.19. The molecule has 2 heterocycles. The second-order valence-electron chi connectivity index (χ2n) is 5.81. The van der Waals surface area contributed by atoms with Gasteiger partial charge in [-0.2, -0.15) is 0 Å². The highest BCUT2D eigenvalue weighted by Crippen LogP contribution is 2.22. The molecule has 1 atom stereocenters. The van der Waals surface area contributed by atoms with Crippen LogP contribution in [-0.4, -0.2) is 40.0 Å². The summed E-state index contributed by atoms with van der Waals surface area (Å²) in [5.74, 6) is -0.668. The Labute approximate surface area is 158 Å². The van der Waals surface area contributed by atoms with Crippen LogP contribution in [0.3, 0.4) is 0 Å². The second kappa shape index (κ2) is 8.07. The number of nitrogens with two attached hydrogens (primary N) is 1. The molecule has 0 spiro atoms. The number of aromatic nitrogens is 2. The number of carbonyl (C=O) groups excluding carboxylic acids is 2. The number of nitrogens with one attached hydrogen (secondary N) is 1. The molecule has 3 N–H and O–H groups in total. The number of benzene rings is 1. The number of primary amides is 1. The fraction of sp³-hybridized carbons (Fsp3) is 0.375. The summed E-state index contributed by atoms with van der Waals surface area (Å²) in [5, 5.41) is 3.25. The number of ether oxygens (including phenoxy) is 1. The summed E-state index contributed by atoms with van der Waals surface area (Å²) >= 11 is 7.04. The van der Waals surface area contributed by atoms with Crippen molar-refractivity contribution in [3.63, 3.8) is 0 Å². The highest BCUT2D eigenvalue weighted by atomic mass is 35.5. The van der Waals surface area contributed by atoms with Gasteiger partial charge in [0, 0.05) is 11.6 Å². The van der Waals surface area contributed by atoms with Gasteiger partial charge >= 0.3 is 6.03 Å². The number of amides is 3. The van der Waals surface area contributed by atoms with E-state index in [9.17, 15) is 14.4 Å². The summed E-state index contributed by atoms with van der Waals surface area (Å²) in [5.41, 5.74) is 5.16. The molecule has 138 valence electrons. The standard InChI is InChI=1S/C16H17ClN4O4S/c17-9-3-4-11-12(6-9)19-16(26-8-13(22)20-15(18)24)21(14(11)23)7-10-2-1-5-25-10/h3-4,6,10H,1-2,5,7-8H2,(H3,18,20,22,24)/t10-/m0/s1. The summed E-state index contributed by atoms with van der Waals surface area (Å²) in [6.45, 7) is 1.02. The zero-order valence-electron chi connectivity index (χ0n) is 13.7. The molecule has 1 aliphatic rings. The highest BCUT2D eigenvalue weighted by molar-refractivity contribution is 7.99. The minimum atomic E-state index is -0.925. The molecule has 0 unspecified atom stereocenters. The predicted molar refractivity (Wildman–Crippen MR) is 98.4 cm³/mol. The van der Waals surface area contributed by atoms with Gasteiger partial charge in [-0.05, 0) is 31.0 Å². The van der Waals surface area contributed by atoms with Crippen molar-refractivity contribution in [1.29, 1.82) is 0 Å². The fourth-order valence-electron chi connectivity index (χ4n) is 2.74. The Bertz CT molecular complexity index is 911. The molecule has 1 saturated heterocycles. The molecule has 8 nitrogen and oxygen atoms in total. The van der Waals surface area contributed by atoms with Crippen LogP contribution in [0.25, 0.3) is 10.9 Å². The first-order valence-corrected chi connectivity index (χ1v) is 9.34. The molecule has 1 aromatic heterocycles. The van der Waals surface area contributed by atoms with Crippen LogP contribution in [0.5, 0.6) is 0 Å². The molecule has 2 aromatic rings. The van der Waals surface area contributed by atoms with Crippen LogP contribution in [0.2, 0.25) is 5.02 Å². The Morgan fingerprint density at radius 1 is 1.46 bits per heavy atom. The summed E-state index contributed by atoms with van der Waals surface area (Å²) in [7, 11) is 0. The molecule has 26 heavy (non-hydrogen) atoms. The number of halogens is 1. The van der Waals surface area contributed by atoms with Crippen LogP contribution < -0.4 is 16.6 Å². The Balaban J connectivity index is 1.95. The zero-order chi connectivity index (χ0) is 18.7. The van der Waals surface area contributed by atoms with E-state index in [0.717, 1.165) is 24.6 Å². The van der Waals surface area contributed by atoms with Gasteiger partial charge in [-0.1, -0.05) is 23.4 Å². The van der Waals surface area contributed by atoms with E-state index in [1.165, 1.54) is 4.57 Å². The normalized spacial score (nSPS) is 16.7. The summed E-state index contributed by atoms with van der Waals surface area (Å²) in [6.07, 6.45) is 1.73. The van der Waals surface area contributed by atoms with E-state index in [0.29, 0.717) is 34.2 Å². The van der Waals surface area contributed by atoms with Crippen molar-refractivity contribution in [2.45, 2.75) is 30.6 Å². The van der Waals surface area contributed by atoms with E-state index in [1.807, 2.05) is 5.32 Å². The third kappa shape index (κ3) is 4.35. The molecule has 1 fully saturated rings. The Hall–Kier alpha value is -2.10. The first kappa shape index (κ1) is 18.7. The minimum Gasteiger partial charge on any atom is -0.376 e. The number of hydrogen-bond acceptors (Lipinski definition) is 6. The van der Waals surface area contributed by atoms with Gasteiger partial charge in [0.1, 0.15) is 0 Å². The summed E-state index contributed by atoms with van der Waals surface area (Å²) < 4.78 is 7.13. The van der Waals surface area contributed by atoms with Gasteiger partial charge in [0.15, 0.2) is 5.16 Å². The highest BCUT2D eigenvalue weighted by Gasteiger charge is 2.21. The van der Waals surface area contributed by atoms with E-state index in [-0.39, 0.29) is 17.4 Å². The van der Waals surface area contributed by atoms with Gasteiger partial charge in [0.2, 0.25) is 5.91 Å². The van der Waals surface area contributed by atoms with Crippen molar-refractivity contribution in [2.75, 3.05) is 12.4 Å². The van der Waals surface area contributed by atoms with Crippen LogP contribution in [0.4, 0.5) is 4.79 Å². The third-order valence-electron chi connectivity index (χ3n) is 3.89. The molecule has 0 radical (unpaired) electrons. The maximum absolute atomic E-state index is 12.9. The van der Waals surface area contributed by atoms with Gasteiger partial charge in [-0.15, -0.1) is 0 Å². The van der Waals surface area contributed by atoms with Gasteiger partial charge in [-0.25, -0.2) is 9.78 Å². The number of carbonyl (C=O) groups is 2. The number of urea groups is 1. The van der Waals surface area contributed by atoms with E-state index >= 15 is 0 Å². The lowest BCUT2D eigenvalue weighted by atomic mass is 10.2. The third-order valence-corrected chi connectivity index (χ3v) is 5.10. The Kier molecular flexibility index (Phi) is 5.80. The fourth-order valence-corrected chi connectivity index (χ4v) is 3.72. The lowest BCUT2D eigenvalue weighted by Gasteiger charge is -2.16. The molecular formula is C16H17ClN4O4S. The first-order chi connectivity index (χ1) is 12.4. The van der Waals surface area contributed by atoms with Crippen LogP contribution in [0, 0.1) is 0 Å². The van der Waals surface area contributed by atoms with Crippen molar-refractivity contribution in [3.8, 4) is 0 Å². The minimum absolute atomic E-state index is 0.0713. The molecule has 0 aliphatic carbocycles. The van der Waals surface area contributed by atoms with Crippen LogP contribution in [0.1, 0.15) is 12.8 Å². The van der Waals surface area contributed by atoms with Crippen molar-refractivity contribution >= 4 is 46.2 Å². The van der Waals surface area contributed by atoms with Crippen LogP contribution in [-0.2, 0) is 16.1 Å². The van der Waals surface area contributed by atoms with E-state index in [1.54, 1.807) is 18.2 Å². The van der Waals surface area contributed by atoms with Gasteiger partial charge in [0.25, 0.3) is 5.56 Å². The van der Waals surface area contributed by atoms with E-state index in [4.69, 9.17) is 22.1 Å². The molecule has 0 saturated carbocycles. The number of imide groups is 1. The maximum Gasteiger partial charge on any atom is 0.318 e. The molecule has 3 rings (SSSR count). The van der Waals surface area contributed by atoms with Crippen molar-refractivity contribution in [1.82, 2.24) is 14.9 Å². The number of thioether (sulfide) groups is 1. The van der Waals surface area contributed by atoms with Gasteiger partial charge in [0.05, 0.1) is 29.3 Å². The Morgan fingerprint density at radius 3 is 2.96 bits per heavy atom. The molecule has 0 bridgehead atoms. The Morgan fingerprint density at radius 2 is 2.27 bits per heavy atom. The number of fused-ring (bicyclic) bond motifs is 1. The largest absolute Gasteiger partial charge is 0.376 e. The maximum atomic E-state index is 12.9. The average Bonchev–Trinajstić information content (AvgIpc) is 3.08.